The lowest BCUT2D eigenvalue weighted by atomic mass is 10.2. The van der Waals surface area contributed by atoms with Crippen LogP contribution in [0.5, 0.6) is 5.75 Å². The van der Waals surface area contributed by atoms with Gasteiger partial charge in [-0.2, -0.15) is 0 Å². The van der Waals surface area contributed by atoms with E-state index in [0.717, 1.165) is 16.1 Å². The Bertz CT molecular complexity index is 875. The maximum atomic E-state index is 12.7. The Labute approximate surface area is 142 Å². The number of aliphatic imine (C=N–C) groups is 1. The molecule has 0 bridgehead atoms. The number of amidine groups is 1. The normalized spacial score (nSPS) is 17.3. The van der Waals surface area contributed by atoms with Crippen LogP contribution in [0.4, 0.5) is 5.69 Å². The Morgan fingerprint density at radius 3 is 2.74 bits per heavy atom. The topological polar surface area (TPSA) is 41.9 Å². The van der Waals surface area contributed by atoms with Gasteiger partial charge in [0.1, 0.15) is 17.1 Å². The van der Waals surface area contributed by atoms with Crippen molar-refractivity contribution in [2.24, 2.45) is 4.99 Å². The van der Waals surface area contributed by atoms with Gasteiger partial charge in [-0.1, -0.05) is 29.8 Å². The fraction of sp³-hybridized carbons (Fsp3) is 0.0588. The summed E-state index contributed by atoms with van der Waals surface area (Å²) in [4.78, 5) is 19.8. The Balaban J connectivity index is 1.74. The lowest BCUT2D eigenvalue weighted by Crippen LogP contribution is -2.27. The van der Waals surface area contributed by atoms with Gasteiger partial charge in [-0.25, -0.2) is 9.89 Å². The van der Waals surface area contributed by atoms with E-state index >= 15 is 0 Å². The van der Waals surface area contributed by atoms with E-state index in [1.54, 1.807) is 30.2 Å². The number of halogens is 1. The first-order valence-electron chi connectivity index (χ1n) is 6.92. The molecule has 0 saturated heterocycles. The van der Waals surface area contributed by atoms with Crippen LogP contribution in [0.3, 0.4) is 0 Å². The van der Waals surface area contributed by atoms with Crippen molar-refractivity contribution < 1.29 is 9.53 Å². The van der Waals surface area contributed by atoms with Gasteiger partial charge in [-0.05, 0) is 47.7 Å². The average molecular weight is 343 g/mol. The Hall–Kier alpha value is -2.24. The zero-order chi connectivity index (χ0) is 16.0. The number of amides is 1. The molecule has 0 atom stereocenters. The number of hydrogen-bond donors (Lipinski definition) is 0. The number of rotatable bonds is 2. The highest BCUT2D eigenvalue weighted by molar-refractivity contribution is 8.15. The third kappa shape index (κ3) is 2.33. The summed E-state index contributed by atoms with van der Waals surface area (Å²) in [5.41, 5.74) is 2.06. The first-order valence-corrected chi connectivity index (χ1v) is 8.12. The number of anilines is 1. The van der Waals surface area contributed by atoms with Gasteiger partial charge in [0.2, 0.25) is 0 Å². The Kier molecular flexibility index (Phi) is 3.39. The largest absolute Gasteiger partial charge is 0.495 e. The second-order valence-electron chi connectivity index (χ2n) is 5.03. The quantitative estimate of drug-likeness (QED) is 0.768. The van der Waals surface area contributed by atoms with E-state index in [-0.39, 0.29) is 5.91 Å². The van der Waals surface area contributed by atoms with Crippen molar-refractivity contribution in [3.05, 3.63) is 58.7 Å². The molecule has 1 amide bonds. The summed E-state index contributed by atoms with van der Waals surface area (Å²) in [7, 11) is 1.60. The highest BCUT2D eigenvalue weighted by atomic mass is 35.5. The van der Waals surface area contributed by atoms with E-state index in [4.69, 9.17) is 16.3 Å². The fourth-order valence-corrected chi connectivity index (χ4v) is 3.71. The maximum absolute atomic E-state index is 12.7. The summed E-state index contributed by atoms with van der Waals surface area (Å²) in [6.07, 6.45) is 1.76. The predicted octanol–water partition coefficient (Wildman–Crippen LogP) is 4.20. The number of para-hydroxylation sites is 1. The van der Waals surface area contributed by atoms with E-state index < -0.39 is 0 Å². The molecule has 23 heavy (non-hydrogen) atoms. The van der Waals surface area contributed by atoms with Gasteiger partial charge in [0.25, 0.3) is 5.91 Å². The maximum Gasteiger partial charge on any atom is 0.283 e. The third-order valence-corrected chi connectivity index (χ3v) is 4.87. The highest BCUT2D eigenvalue weighted by Crippen LogP contribution is 2.48. The van der Waals surface area contributed by atoms with Gasteiger partial charge in [0, 0.05) is 9.92 Å². The van der Waals surface area contributed by atoms with Gasteiger partial charge in [-0.3, -0.25) is 4.79 Å². The molecule has 0 fully saturated rings. The van der Waals surface area contributed by atoms with Crippen LogP contribution < -0.4 is 9.64 Å². The van der Waals surface area contributed by atoms with Crippen LogP contribution in [-0.4, -0.2) is 18.2 Å². The smallest absolute Gasteiger partial charge is 0.283 e. The van der Waals surface area contributed by atoms with Crippen molar-refractivity contribution in [1.29, 1.82) is 0 Å². The number of benzene rings is 2. The van der Waals surface area contributed by atoms with E-state index in [0.29, 0.717) is 21.6 Å². The first-order chi connectivity index (χ1) is 11.2. The third-order valence-electron chi connectivity index (χ3n) is 3.61. The summed E-state index contributed by atoms with van der Waals surface area (Å²) < 4.78 is 5.38. The van der Waals surface area contributed by atoms with Crippen LogP contribution in [0, 0.1) is 0 Å². The summed E-state index contributed by atoms with van der Waals surface area (Å²) in [6, 6.07) is 13.0. The molecule has 0 unspecified atom stereocenters. The van der Waals surface area contributed by atoms with E-state index in [1.165, 1.54) is 11.8 Å². The lowest BCUT2D eigenvalue weighted by molar-refractivity contribution is -0.113. The summed E-state index contributed by atoms with van der Waals surface area (Å²) >= 11 is 7.35. The van der Waals surface area contributed by atoms with Gasteiger partial charge in [0.15, 0.2) is 5.17 Å². The second-order valence-corrected chi connectivity index (χ2v) is 6.47. The summed E-state index contributed by atoms with van der Waals surface area (Å²) in [5.74, 6) is 0.520. The minimum atomic E-state index is -0.148. The molecule has 0 aromatic heterocycles. The van der Waals surface area contributed by atoms with Crippen LogP contribution >= 0.6 is 23.4 Å². The van der Waals surface area contributed by atoms with Crippen LogP contribution in [0.25, 0.3) is 6.08 Å². The van der Waals surface area contributed by atoms with Crippen LogP contribution in [-0.2, 0) is 4.79 Å². The summed E-state index contributed by atoms with van der Waals surface area (Å²) in [5, 5.41) is 1.32. The number of carbonyl (C=O) groups excluding carboxylic acids is 1. The van der Waals surface area contributed by atoms with Crippen molar-refractivity contribution in [2.45, 2.75) is 4.90 Å². The molecular formula is C17H11ClN2O2S. The van der Waals surface area contributed by atoms with E-state index in [2.05, 4.69) is 4.99 Å². The SMILES string of the molecule is COc1cccc2c1N1C(=O)/C(=C/c3ccc(Cl)cc3)N=C1S2. The fourth-order valence-electron chi connectivity index (χ4n) is 2.55. The van der Waals surface area contributed by atoms with Gasteiger partial charge in [-0.15, -0.1) is 0 Å². The predicted molar refractivity (Wildman–Crippen MR) is 93.2 cm³/mol. The molecule has 0 N–H and O–H groups in total. The van der Waals surface area contributed by atoms with Gasteiger partial charge >= 0.3 is 0 Å². The minimum Gasteiger partial charge on any atom is -0.495 e. The highest BCUT2D eigenvalue weighted by Gasteiger charge is 2.40. The van der Waals surface area contributed by atoms with Crippen molar-refractivity contribution in [3.63, 3.8) is 0 Å². The molecule has 2 aromatic rings. The van der Waals surface area contributed by atoms with Crippen LogP contribution in [0.1, 0.15) is 5.56 Å². The van der Waals surface area contributed by atoms with Crippen molar-refractivity contribution >= 4 is 46.2 Å². The molecule has 0 radical (unpaired) electrons. The second kappa shape index (κ2) is 5.44. The van der Waals surface area contributed by atoms with Crippen molar-refractivity contribution in [3.8, 4) is 5.75 Å². The van der Waals surface area contributed by atoms with Crippen LogP contribution in [0.15, 0.2) is 58.0 Å². The Morgan fingerprint density at radius 1 is 1.22 bits per heavy atom. The van der Waals surface area contributed by atoms with Crippen molar-refractivity contribution in [2.75, 3.05) is 12.0 Å². The van der Waals surface area contributed by atoms with E-state index in [1.807, 2.05) is 30.3 Å². The molecule has 0 aliphatic carbocycles. The van der Waals surface area contributed by atoms with Crippen LogP contribution in [0.2, 0.25) is 5.02 Å². The monoisotopic (exact) mass is 342 g/mol. The standard InChI is InChI=1S/C17H11ClN2O2S/c1-22-13-3-2-4-14-15(13)20-16(21)12(19-17(20)23-14)9-10-5-7-11(18)8-6-10/h2-9H,1H3/b12-9-. The molecule has 2 aliphatic heterocycles. The molecule has 2 aromatic carbocycles. The number of methoxy groups -OCH3 is 1. The molecular weight excluding hydrogens is 332 g/mol. The minimum absolute atomic E-state index is 0.148. The number of fused-ring (bicyclic) bond motifs is 3. The lowest BCUT2D eigenvalue weighted by Gasteiger charge is -2.14. The average Bonchev–Trinajstić information content (AvgIpc) is 3.06. The molecule has 4 rings (SSSR count). The molecule has 114 valence electrons. The van der Waals surface area contributed by atoms with Crippen molar-refractivity contribution in [1.82, 2.24) is 0 Å². The zero-order valence-electron chi connectivity index (χ0n) is 12.1. The van der Waals surface area contributed by atoms with Gasteiger partial charge < -0.3 is 4.74 Å². The van der Waals surface area contributed by atoms with Gasteiger partial charge in [0.05, 0.1) is 7.11 Å². The first kappa shape index (κ1) is 14.4. The number of nitrogens with zero attached hydrogens (tertiary/aromatic N) is 2. The number of carbonyl (C=O) groups is 1. The molecule has 0 spiro atoms. The zero-order valence-corrected chi connectivity index (χ0v) is 13.7. The molecule has 2 heterocycles. The Morgan fingerprint density at radius 2 is 2.00 bits per heavy atom. The molecule has 6 heteroatoms. The number of ether oxygens (including phenoxy) is 1. The molecule has 2 aliphatic rings. The molecule has 4 nitrogen and oxygen atoms in total. The molecule has 0 saturated carbocycles. The number of thioether (sulfide) groups is 1. The van der Waals surface area contributed by atoms with E-state index in [9.17, 15) is 4.79 Å². The summed E-state index contributed by atoms with van der Waals surface area (Å²) in [6.45, 7) is 0. The number of hydrogen-bond acceptors (Lipinski definition) is 4.